The van der Waals surface area contributed by atoms with E-state index in [1.165, 1.54) is 9.75 Å². The van der Waals surface area contributed by atoms with Gasteiger partial charge in [-0.05, 0) is 74.8 Å². The lowest BCUT2D eigenvalue weighted by Gasteiger charge is -2.30. The van der Waals surface area contributed by atoms with Gasteiger partial charge in [0.1, 0.15) is 5.75 Å². The molecule has 6 heteroatoms. The summed E-state index contributed by atoms with van der Waals surface area (Å²) in [6.07, 6.45) is 4.29. The van der Waals surface area contributed by atoms with Crippen LogP contribution in [0.5, 0.6) is 5.75 Å². The number of aryl methyl sites for hydroxylation is 1. The predicted molar refractivity (Wildman–Crippen MR) is 121 cm³/mol. The number of aromatic nitrogens is 3. The van der Waals surface area contributed by atoms with Crippen molar-refractivity contribution in [3.8, 4) is 16.9 Å². The maximum atomic E-state index is 5.36. The molecule has 0 unspecified atom stereocenters. The summed E-state index contributed by atoms with van der Waals surface area (Å²) in [7, 11) is 1.69. The van der Waals surface area contributed by atoms with Gasteiger partial charge in [-0.1, -0.05) is 12.1 Å². The Bertz CT molecular complexity index is 1160. The summed E-state index contributed by atoms with van der Waals surface area (Å²) in [5.74, 6) is 2.27. The van der Waals surface area contributed by atoms with Crippen LogP contribution in [-0.4, -0.2) is 39.7 Å². The predicted octanol–water partition coefficient (Wildman–Crippen LogP) is 5.15. The molecule has 0 N–H and O–H groups in total. The van der Waals surface area contributed by atoms with E-state index in [1.807, 2.05) is 34.1 Å². The van der Waals surface area contributed by atoms with Crippen LogP contribution in [0, 0.1) is 6.92 Å². The molecule has 0 saturated carbocycles. The maximum absolute atomic E-state index is 5.36. The molecule has 0 atom stereocenters. The van der Waals surface area contributed by atoms with Crippen LogP contribution in [0.3, 0.4) is 0 Å². The molecular weight excluding hydrogens is 392 g/mol. The summed E-state index contributed by atoms with van der Waals surface area (Å²) in [5.41, 5.74) is 3.14. The summed E-state index contributed by atoms with van der Waals surface area (Å²) in [6.45, 7) is 5.45. The van der Waals surface area contributed by atoms with E-state index in [9.17, 15) is 0 Å². The molecule has 154 valence electrons. The molecule has 1 saturated heterocycles. The molecule has 0 radical (unpaired) electrons. The molecule has 1 aliphatic heterocycles. The van der Waals surface area contributed by atoms with Crippen LogP contribution >= 0.6 is 11.3 Å². The van der Waals surface area contributed by atoms with Gasteiger partial charge in [0, 0.05) is 34.0 Å². The first-order chi connectivity index (χ1) is 14.7. The van der Waals surface area contributed by atoms with Crippen LogP contribution in [0.25, 0.3) is 16.8 Å². The first kappa shape index (κ1) is 19.3. The van der Waals surface area contributed by atoms with Gasteiger partial charge in [0.05, 0.1) is 7.11 Å². The van der Waals surface area contributed by atoms with Crippen LogP contribution in [0.1, 0.15) is 34.3 Å². The number of hydrogen-bond acceptors (Lipinski definition) is 5. The molecule has 0 bridgehead atoms. The fourth-order valence-electron chi connectivity index (χ4n) is 4.19. The van der Waals surface area contributed by atoms with Gasteiger partial charge in [-0.2, -0.15) is 5.10 Å². The van der Waals surface area contributed by atoms with Crippen LogP contribution in [0.4, 0.5) is 0 Å². The van der Waals surface area contributed by atoms with Crippen LogP contribution in [0.2, 0.25) is 0 Å². The molecule has 4 heterocycles. The molecule has 0 aliphatic carbocycles. The monoisotopic (exact) mass is 418 g/mol. The Morgan fingerprint density at radius 3 is 2.70 bits per heavy atom. The molecule has 3 aromatic heterocycles. The van der Waals surface area contributed by atoms with Crippen molar-refractivity contribution < 1.29 is 4.74 Å². The highest BCUT2D eigenvalue weighted by molar-refractivity contribution is 7.11. The van der Waals surface area contributed by atoms with Crippen molar-refractivity contribution in [2.24, 2.45) is 0 Å². The second-order valence-corrected chi connectivity index (χ2v) is 9.36. The highest BCUT2D eigenvalue weighted by atomic mass is 32.1. The standard InChI is InChI=1S/C24H26N4OS/c1-17-6-8-22(30-17)16-27-12-10-18(11-13-27)24-25-23-9-7-20(15-28(23)26-24)19-4-3-5-21(14-19)29-2/h3-9,14-15,18H,10-13,16H2,1-2H3. The Balaban J connectivity index is 1.29. The molecule has 0 spiro atoms. The fourth-order valence-corrected chi connectivity index (χ4v) is 5.12. The third kappa shape index (κ3) is 3.98. The van der Waals surface area contributed by atoms with Gasteiger partial charge in [-0.25, -0.2) is 9.50 Å². The Morgan fingerprint density at radius 2 is 1.93 bits per heavy atom. The fraction of sp³-hybridized carbons (Fsp3) is 0.333. The number of hydrogen-bond donors (Lipinski definition) is 0. The molecule has 0 amide bonds. The molecule has 5 nitrogen and oxygen atoms in total. The van der Waals surface area contributed by atoms with Crippen molar-refractivity contribution in [2.45, 2.75) is 32.2 Å². The van der Waals surface area contributed by atoms with Crippen molar-refractivity contribution in [3.63, 3.8) is 0 Å². The topological polar surface area (TPSA) is 42.7 Å². The smallest absolute Gasteiger partial charge is 0.155 e. The Labute approximate surface area is 180 Å². The summed E-state index contributed by atoms with van der Waals surface area (Å²) in [4.78, 5) is 10.2. The minimum Gasteiger partial charge on any atom is -0.497 e. The number of likely N-dealkylation sites (tertiary alicyclic amines) is 1. The zero-order valence-corrected chi connectivity index (χ0v) is 18.2. The van der Waals surface area contributed by atoms with E-state index in [1.54, 1.807) is 7.11 Å². The Kier molecular flexibility index (Phi) is 5.27. The lowest BCUT2D eigenvalue weighted by Crippen LogP contribution is -2.32. The summed E-state index contributed by atoms with van der Waals surface area (Å²) < 4.78 is 7.28. The van der Waals surface area contributed by atoms with Gasteiger partial charge in [0.25, 0.3) is 0 Å². The number of pyridine rings is 1. The van der Waals surface area contributed by atoms with Gasteiger partial charge in [0.15, 0.2) is 11.5 Å². The van der Waals surface area contributed by atoms with E-state index in [0.29, 0.717) is 5.92 Å². The van der Waals surface area contributed by atoms with Gasteiger partial charge in [-0.3, -0.25) is 4.90 Å². The summed E-state index contributed by atoms with van der Waals surface area (Å²) in [5, 5.41) is 4.84. The highest BCUT2D eigenvalue weighted by Crippen LogP contribution is 2.29. The average Bonchev–Trinajstić information content (AvgIpc) is 3.39. The molecule has 1 aliphatic rings. The summed E-state index contributed by atoms with van der Waals surface area (Å²) in [6, 6.07) is 16.7. The van der Waals surface area contributed by atoms with Crippen molar-refractivity contribution in [2.75, 3.05) is 20.2 Å². The number of rotatable bonds is 5. The number of fused-ring (bicyclic) bond motifs is 1. The minimum atomic E-state index is 0.437. The molecule has 1 aromatic carbocycles. The number of thiophene rings is 1. The number of benzene rings is 1. The second kappa shape index (κ2) is 8.20. The zero-order chi connectivity index (χ0) is 20.5. The van der Waals surface area contributed by atoms with Crippen LogP contribution in [0.15, 0.2) is 54.7 Å². The van der Waals surface area contributed by atoms with Crippen LogP contribution < -0.4 is 4.74 Å². The van der Waals surface area contributed by atoms with E-state index >= 15 is 0 Å². The van der Waals surface area contributed by atoms with Gasteiger partial charge in [-0.15, -0.1) is 11.3 Å². The van der Waals surface area contributed by atoms with Crippen molar-refractivity contribution in [3.05, 3.63) is 70.3 Å². The third-order valence-electron chi connectivity index (χ3n) is 5.88. The Morgan fingerprint density at radius 1 is 1.07 bits per heavy atom. The molecule has 30 heavy (non-hydrogen) atoms. The summed E-state index contributed by atoms with van der Waals surface area (Å²) >= 11 is 1.91. The first-order valence-electron chi connectivity index (χ1n) is 10.5. The lowest BCUT2D eigenvalue weighted by atomic mass is 9.96. The van der Waals surface area contributed by atoms with E-state index in [2.05, 4.69) is 48.4 Å². The normalized spacial score (nSPS) is 15.7. The van der Waals surface area contributed by atoms with E-state index in [-0.39, 0.29) is 0 Å². The SMILES string of the molecule is COc1cccc(-c2ccc3nc(C4CCN(Cc5ccc(C)s5)CC4)nn3c2)c1. The largest absolute Gasteiger partial charge is 0.497 e. The van der Waals surface area contributed by atoms with Crippen LogP contribution in [-0.2, 0) is 6.54 Å². The minimum absolute atomic E-state index is 0.437. The van der Waals surface area contributed by atoms with E-state index in [4.69, 9.17) is 14.8 Å². The quantitative estimate of drug-likeness (QED) is 0.449. The number of nitrogens with zero attached hydrogens (tertiary/aromatic N) is 4. The average molecular weight is 419 g/mol. The molecule has 5 rings (SSSR count). The number of ether oxygens (including phenoxy) is 1. The number of methoxy groups -OCH3 is 1. The lowest BCUT2D eigenvalue weighted by molar-refractivity contribution is 0.203. The second-order valence-electron chi connectivity index (χ2n) is 7.99. The van der Waals surface area contributed by atoms with Gasteiger partial charge in [0.2, 0.25) is 0 Å². The third-order valence-corrected chi connectivity index (χ3v) is 6.86. The van der Waals surface area contributed by atoms with E-state index in [0.717, 1.165) is 60.8 Å². The first-order valence-corrected chi connectivity index (χ1v) is 11.3. The van der Waals surface area contributed by atoms with Crippen molar-refractivity contribution >= 4 is 17.0 Å². The molecule has 1 fully saturated rings. The van der Waals surface area contributed by atoms with E-state index < -0.39 is 0 Å². The highest BCUT2D eigenvalue weighted by Gasteiger charge is 2.24. The maximum Gasteiger partial charge on any atom is 0.155 e. The van der Waals surface area contributed by atoms with Gasteiger partial charge < -0.3 is 4.74 Å². The zero-order valence-electron chi connectivity index (χ0n) is 17.4. The molecular formula is C24H26N4OS. The number of piperidine rings is 1. The molecule has 4 aromatic rings. The van der Waals surface area contributed by atoms with Crippen molar-refractivity contribution in [1.82, 2.24) is 19.5 Å². The van der Waals surface area contributed by atoms with Gasteiger partial charge >= 0.3 is 0 Å². The van der Waals surface area contributed by atoms with Crippen molar-refractivity contribution in [1.29, 1.82) is 0 Å². The Hall–Kier alpha value is -2.70.